The molecule has 0 amide bonds. The van der Waals surface area contributed by atoms with Gasteiger partial charge in [-0.1, -0.05) is 20.4 Å². The fourth-order valence-corrected chi connectivity index (χ4v) is 3.79. The van der Waals surface area contributed by atoms with Gasteiger partial charge in [0.25, 0.3) is 0 Å². The van der Waals surface area contributed by atoms with Gasteiger partial charge in [-0.25, -0.2) is 4.79 Å². The topological polar surface area (TPSA) is 78.9 Å². The van der Waals surface area contributed by atoms with Crippen LogP contribution in [0.25, 0.3) is 0 Å². The Bertz CT molecular complexity index is 673. The van der Waals surface area contributed by atoms with Crippen LogP contribution >= 0.6 is 0 Å². The van der Waals surface area contributed by atoms with Crippen LogP contribution in [-0.4, -0.2) is 30.9 Å². The summed E-state index contributed by atoms with van der Waals surface area (Å²) in [7, 11) is 0. The van der Waals surface area contributed by atoms with Gasteiger partial charge in [0.15, 0.2) is 0 Å². The van der Waals surface area contributed by atoms with Crippen LogP contribution in [0, 0.1) is 23.2 Å². The molecule has 2 heterocycles. The third kappa shape index (κ3) is 3.01. The lowest BCUT2D eigenvalue weighted by atomic mass is 9.60. The maximum Gasteiger partial charge on any atom is 0.334 e. The van der Waals surface area contributed by atoms with Gasteiger partial charge in [-0.3, -0.25) is 4.79 Å². The minimum atomic E-state index is -0.849. The molecule has 3 rings (SSSR count). The van der Waals surface area contributed by atoms with Crippen LogP contribution < -0.4 is 0 Å². The zero-order valence-corrected chi connectivity index (χ0v) is 14.4. The van der Waals surface area contributed by atoms with E-state index >= 15 is 0 Å². The average molecular weight is 346 g/mol. The number of aldehydes is 1. The van der Waals surface area contributed by atoms with Crippen molar-refractivity contribution in [2.24, 2.45) is 23.2 Å². The molecule has 4 atom stereocenters. The van der Waals surface area contributed by atoms with Crippen LogP contribution in [0.15, 0.2) is 36.3 Å². The first-order chi connectivity index (χ1) is 11.9. The predicted molar refractivity (Wildman–Crippen MR) is 87.8 cm³/mol. The smallest absolute Gasteiger partial charge is 0.334 e. The summed E-state index contributed by atoms with van der Waals surface area (Å²) in [6, 6.07) is 0. The second kappa shape index (κ2) is 6.50. The molecule has 1 aliphatic carbocycles. The largest absolute Gasteiger partial charge is 0.473 e. The molecule has 134 valence electrons. The van der Waals surface area contributed by atoms with Crippen molar-refractivity contribution in [1.82, 2.24) is 0 Å². The van der Waals surface area contributed by atoms with Gasteiger partial charge in [0.1, 0.15) is 19.0 Å². The summed E-state index contributed by atoms with van der Waals surface area (Å²) in [6.07, 6.45) is 6.11. The number of fused-ring (bicyclic) bond motifs is 2. The molecule has 0 radical (unpaired) electrons. The molecule has 0 bridgehead atoms. The van der Waals surface area contributed by atoms with E-state index in [0.29, 0.717) is 18.4 Å². The van der Waals surface area contributed by atoms with Crippen LogP contribution in [0.2, 0.25) is 0 Å². The van der Waals surface area contributed by atoms with Gasteiger partial charge in [-0.15, -0.1) is 0 Å². The van der Waals surface area contributed by atoms with Crippen LogP contribution in [0.3, 0.4) is 0 Å². The van der Waals surface area contributed by atoms with E-state index in [1.54, 1.807) is 19.9 Å². The molecule has 0 N–H and O–H groups in total. The highest BCUT2D eigenvalue weighted by Crippen LogP contribution is 2.52. The fraction of sp³-hybridized carbons (Fsp3) is 0.526. The summed E-state index contributed by atoms with van der Waals surface area (Å²) in [6.45, 7) is 7.40. The molecule has 1 saturated carbocycles. The van der Waals surface area contributed by atoms with E-state index in [4.69, 9.17) is 14.2 Å². The average Bonchev–Trinajstić information content (AvgIpc) is 2.76. The Morgan fingerprint density at radius 1 is 1.52 bits per heavy atom. The third-order valence-corrected chi connectivity index (χ3v) is 5.31. The first-order valence-corrected chi connectivity index (χ1v) is 8.43. The molecule has 0 aromatic heterocycles. The van der Waals surface area contributed by atoms with Crippen LogP contribution in [0.1, 0.15) is 26.7 Å². The van der Waals surface area contributed by atoms with E-state index < -0.39 is 11.4 Å². The van der Waals surface area contributed by atoms with Crippen molar-refractivity contribution in [3.05, 3.63) is 36.3 Å². The summed E-state index contributed by atoms with van der Waals surface area (Å²) in [5.41, 5.74) is 0.312. The van der Waals surface area contributed by atoms with Gasteiger partial charge in [-0.2, -0.15) is 0 Å². The van der Waals surface area contributed by atoms with E-state index in [0.717, 1.165) is 11.9 Å². The standard InChI is InChI=1S/C19H22O6/c1-11(2)17(21)24-9-13-8-23-5-4-19(10-20)7-16-14(6-15(13)19)12(3)18(22)25-16/h4-5,8,10-11,14-16H,3,6-7,9H2,1-2H3/t14-,15+,16-,19+/m1/s1. The van der Waals surface area contributed by atoms with Gasteiger partial charge in [0.05, 0.1) is 23.9 Å². The summed E-state index contributed by atoms with van der Waals surface area (Å²) in [4.78, 5) is 35.7. The van der Waals surface area contributed by atoms with E-state index in [-0.39, 0.29) is 36.4 Å². The van der Waals surface area contributed by atoms with Gasteiger partial charge < -0.3 is 19.0 Å². The molecular formula is C19H22O6. The molecular weight excluding hydrogens is 324 g/mol. The second-order valence-electron chi connectivity index (χ2n) is 7.19. The summed E-state index contributed by atoms with van der Waals surface area (Å²) >= 11 is 0. The molecule has 0 aromatic rings. The van der Waals surface area contributed by atoms with Crippen LogP contribution in [0.5, 0.6) is 0 Å². The number of hydrogen-bond donors (Lipinski definition) is 0. The van der Waals surface area contributed by atoms with Crippen molar-refractivity contribution >= 4 is 18.2 Å². The number of hydrogen-bond acceptors (Lipinski definition) is 6. The SMILES string of the molecule is C=C1C(=O)O[C@@H]2C[C@]3(C=O)C=COC=C(COC(=O)C(C)C)[C@@H]3C[C@H]12. The van der Waals surface area contributed by atoms with Crippen molar-refractivity contribution in [2.45, 2.75) is 32.8 Å². The Morgan fingerprint density at radius 3 is 2.96 bits per heavy atom. The molecule has 1 saturated heterocycles. The quantitative estimate of drug-likeness (QED) is 0.441. The summed E-state index contributed by atoms with van der Waals surface area (Å²) in [5, 5.41) is 0. The van der Waals surface area contributed by atoms with Crippen LogP contribution in [-0.2, 0) is 28.6 Å². The van der Waals surface area contributed by atoms with Gasteiger partial charge in [0.2, 0.25) is 0 Å². The number of allylic oxidation sites excluding steroid dienone is 1. The lowest BCUT2D eigenvalue weighted by molar-refractivity contribution is -0.147. The minimum Gasteiger partial charge on any atom is -0.473 e. The lowest BCUT2D eigenvalue weighted by Gasteiger charge is -2.42. The van der Waals surface area contributed by atoms with E-state index in [1.165, 1.54) is 12.5 Å². The lowest BCUT2D eigenvalue weighted by Crippen LogP contribution is -2.44. The highest BCUT2D eigenvalue weighted by atomic mass is 16.6. The molecule has 3 aliphatic rings. The molecule has 2 aliphatic heterocycles. The number of esters is 2. The maximum absolute atomic E-state index is 12.0. The Hall–Kier alpha value is -2.37. The molecule has 6 nitrogen and oxygen atoms in total. The van der Waals surface area contributed by atoms with Crippen molar-refractivity contribution in [2.75, 3.05) is 6.61 Å². The molecule has 2 fully saturated rings. The highest BCUT2D eigenvalue weighted by Gasteiger charge is 2.54. The van der Waals surface area contributed by atoms with Crippen molar-refractivity contribution in [3.63, 3.8) is 0 Å². The highest BCUT2D eigenvalue weighted by molar-refractivity contribution is 5.91. The van der Waals surface area contributed by atoms with E-state index in [2.05, 4.69) is 6.58 Å². The molecule has 0 aromatic carbocycles. The second-order valence-corrected chi connectivity index (χ2v) is 7.19. The number of ether oxygens (including phenoxy) is 3. The van der Waals surface area contributed by atoms with E-state index in [1.807, 2.05) is 0 Å². The van der Waals surface area contributed by atoms with Crippen molar-refractivity contribution in [3.8, 4) is 0 Å². The molecule has 0 spiro atoms. The number of carbonyl (C=O) groups is 3. The van der Waals surface area contributed by atoms with Crippen LogP contribution in [0.4, 0.5) is 0 Å². The van der Waals surface area contributed by atoms with E-state index in [9.17, 15) is 14.4 Å². The Kier molecular flexibility index (Phi) is 4.54. The fourth-order valence-electron chi connectivity index (χ4n) is 3.79. The minimum absolute atomic E-state index is 0.0532. The normalized spacial score (nSPS) is 33.6. The molecule has 6 heteroatoms. The Morgan fingerprint density at radius 2 is 2.28 bits per heavy atom. The zero-order chi connectivity index (χ0) is 18.2. The van der Waals surface area contributed by atoms with Gasteiger partial charge in [0, 0.05) is 29.4 Å². The maximum atomic E-state index is 12.0. The first kappa shape index (κ1) is 17.5. The predicted octanol–water partition coefficient (Wildman–Crippen LogP) is 2.31. The van der Waals surface area contributed by atoms with Gasteiger partial charge >= 0.3 is 11.9 Å². The number of carbonyl (C=O) groups excluding carboxylic acids is 3. The first-order valence-electron chi connectivity index (χ1n) is 8.43. The summed E-state index contributed by atoms with van der Waals surface area (Å²) in [5.74, 6) is -1.33. The molecule has 0 unspecified atom stereocenters. The zero-order valence-electron chi connectivity index (χ0n) is 14.4. The Labute approximate surface area is 146 Å². The number of rotatable bonds is 4. The monoisotopic (exact) mass is 346 g/mol. The van der Waals surface area contributed by atoms with Crippen molar-refractivity contribution < 1.29 is 28.6 Å². The van der Waals surface area contributed by atoms with Crippen molar-refractivity contribution in [1.29, 1.82) is 0 Å². The third-order valence-electron chi connectivity index (χ3n) is 5.31. The molecule has 25 heavy (non-hydrogen) atoms. The van der Waals surface area contributed by atoms with Gasteiger partial charge in [-0.05, 0) is 12.5 Å². The summed E-state index contributed by atoms with van der Waals surface area (Å²) < 4.78 is 16.1. The Balaban J connectivity index is 1.87.